The molecule has 0 spiro atoms. The number of rotatable bonds is 7. The molecule has 1 saturated heterocycles. The Morgan fingerprint density at radius 3 is 2.69 bits per heavy atom. The van der Waals surface area contributed by atoms with Gasteiger partial charge in [0.25, 0.3) is 5.56 Å². The maximum absolute atomic E-state index is 12.8. The quantitative estimate of drug-likeness (QED) is 0.601. The Hall–Kier alpha value is -2.62. The SMILES string of the molecule is Cc1ccc2[nH]c(=O)c(CN(CCN3CCOCC3)Cc3nnnn3C(C)(C)C)cc2c1. The number of benzene rings is 1. The van der Waals surface area contributed by atoms with Crippen molar-refractivity contribution in [3.63, 3.8) is 0 Å². The number of nitrogens with zero attached hydrogens (tertiary/aromatic N) is 6. The highest BCUT2D eigenvalue weighted by Gasteiger charge is 2.22. The normalized spacial score (nSPS) is 15.7. The monoisotopic (exact) mass is 439 g/mol. The molecule has 0 bridgehead atoms. The lowest BCUT2D eigenvalue weighted by Gasteiger charge is -2.30. The summed E-state index contributed by atoms with van der Waals surface area (Å²) in [5.74, 6) is 0.799. The van der Waals surface area contributed by atoms with Crippen LogP contribution in [0.3, 0.4) is 0 Å². The molecule has 32 heavy (non-hydrogen) atoms. The van der Waals surface area contributed by atoms with E-state index in [1.54, 1.807) is 0 Å². The minimum atomic E-state index is -0.216. The second-order valence-corrected chi connectivity index (χ2v) is 9.56. The lowest BCUT2D eigenvalue weighted by Crippen LogP contribution is -2.42. The molecule has 9 heteroatoms. The van der Waals surface area contributed by atoms with Crippen molar-refractivity contribution in [1.29, 1.82) is 0 Å². The Kier molecular flexibility index (Phi) is 6.68. The summed E-state index contributed by atoms with van der Waals surface area (Å²) in [6.07, 6.45) is 0. The van der Waals surface area contributed by atoms with E-state index in [2.05, 4.69) is 64.1 Å². The molecule has 0 unspecified atom stereocenters. The Morgan fingerprint density at radius 1 is 1.16 bits per heavy atom. The Balaban J connectivity index is 1.58. The van der Waals surface area contributed by atoms with E-state index in [1.807, 2.05) is 22.9 Å². The van der Waals surface area contributed by atoms with Gasteiger partial charge in [0.15, 0.2) is 5.82 Å². The molecule has 9 nitrogen and oxygen atoms in total. The number of nitrogens with one attached hydrogen (secondary N) is 1. The Labute approximate surface area is 188 Å². The molecule has 0 atom stereocenters. The van der Waals surface area contributed by atoms with Crippen LogP contribution in [0.4, 0.5) is 0 Å². The lowest BCUT2D eigenvalue weighted by molar-refractivity contribution is 0.0321. The predicted octanol–water partition coefficient (Wildman–Crippen LogP) is 1.91. The molecule has 0 saturated carbocycles. The summed E-state index contributed by atoms with van der Waals surface area (Å²) >= 11 is 0. The van der Waals surface area contributed by atoms with Gasteiger partial charge < -0.3 is 9.72 Å². The van der Waals surface area contributed by atoms with Gasteiger partial charge in [-0.3, -0.25) is 14.6 Å². The fraction of sp³-hybridized carbons (Fsp3) is 0.565. The zero-order valence-corrected chi connectivity index (χ0v) is 19.5. The number of hydrogen-bond donors (Lipinski definition) is 1. The third-order valence-electron chi connectivity index (χ3n) is 5.84. The van der Waals surface area contributed by atoms with Crippen molar-refractivity contribution in [1.82, 2.24) is 35.0 Å². The fourth-order valence-corrected chi connectivity index (χ4v) is 4.08. The van der Waals surface area contributed by atoms with Crippen LogP contribution < -0.4 is 5.56 Å². The van der Waals surface area contributed by atoms with Gasteiger partial charge in [-0.1, -0.05) is 11.6 Å². The van der Waals surface area contributed by atoms with Crippen molar-refractivity contribution >= 4 is 10.9 Å². The number of pyridine rings is 1. The van der Waals surface area contributed by atoms with Crippen LogP contribution in [0.25, 0.3) is 10.9 Å². The van der Waals surface area contributed by atoms with Crippen LogP contribution in [0, 0.1) is 6.92 Å². The van der Waals surface area contributed by atoms with Gasteiger partial charge >= 0.3 is 0 Å². The highest BCUT2D eigenvalue weighted by molar-refractivity contribution is 5.79. The largest absolute Gasteiger partial charge is 0.379 e. The van der Waals surface area contributed by atoms with Gasteiger partial charge in [-0.15, -0.1) is 5.10 Å². The van der Waals surface area contributed by atoms with Crippen LogP contribution >= 0.6 is 0 Å². The predicted molar refractivity (Wildman–Crippen MR) is 123 cm³/mol. The van der Waals surface area contributed by atoms with Gasteiger partial charge in [0.05, 0.1) is 25.3 Å². The van der Waals surface area contributed by atoms with Crippen LogP contribution in [-0.4, -0.2) is 74.4 Å². The molecular weight excluding hydrogens is 406 g/mol. The maximum atomic E-state index is 12.8. The molecule has 1 aliphatic heterocycles. The number of fused-ring (bicyclic) bond motifs is 1. The summed E-state index contributed by atoms with van der Waals surface area (Å²) in [6.45, 7) is 14.5. The minimum absolute atomic E-state index is 0.0480. The van der Waals surface area contributed by atoms with Crippen molar-refractivity contribution in [2.45, 2.75) is 46.3 Å². The van der Waals surface area contributed by atoms with Crippen molar-refractivity contribution < 1.29 is 4.74 Å². The van der Waals surface area contributed by atoms with Crippen molar-refractivity contribution in [3.05, 3.63) is 51.6 Å². The van der Waals surface area contributed by atoms with E-state index >= 15 is 0 Å². The minimum Gasteiger partial charge on any atom is -0.379 e. The van der Waals surface area contributed by atoms with E-state index in [1.165, 1.54) is 5.56 Å². The third kappa shape index (κ3) is 5.40. The highest BCUT2D eigenvalue weighted by Crippen LogP contribution is 2.17. The average molecular weight is 440 g/mol. The van der Waals surface area contributed by atoms with Gasteiger partial charge in [0, 0.05) is 43.8 Å². The Morgan fingerprint density at radius 2 is 1.94 bits per heavy atom. The summed E-state index contributed by atoms with van der Waals surface area (Å²) in [4.78, 5) is 20.5. The summed E-state index contributed by atoms with van der Waals surface area (Å²) in [7, 11) is 0. The Bertz CT molecular complexity index is 1110. The molecule has 1 N–H and O–H groups in total. The van der Waals surface area contributed by atoms with E-state index < -0.39 is 0 Å². The average Bonchev–Trinajstić information content (AvgIpc) is 3.22. The molecule has 3 aromatic rings. The van der Waals surface area contributed by atoms with Gasteiger partial charge in [-0.25, -0.2) is 4.68 Å². The third-order valence-corrected chi connectivity index (χ3v) is 5.84. The van der Waals surface area contributed by atoms with Gasteiger partial charge in [-0.2, -0.15) is 0 Å². The summed E-state index contributed by atoms with van der Waals surface area (Å²) in [5.41, 5.74) is 2.52. The first-order chi connectivity index (χ1) is 15.3. The fourth-order valence-electron chi connectivity index (χ4n) is 4.08. The van der Waals surface area contributed by atoms with E-state index in [0.717, 1.165) is 61.7 Å². The second-order valence-electron chi connectivity index (χ2n) is 9.56. The number of morpholine rings is 1. The number of H-pyrrole nitrogens is 1. The molecule has 3 heterocycles. The first-order valence-electron chi connectivity index (χ1n) is 11.2. The molecule has 0 radical (unpaired) electrons. The maximum Gasteiger partial charge on any atom is 0.252 e. The number of aryl methyl sites for hydroxylation is 1. The van der Waals surface area contributed by atoms with Gasteiger partial charge in [-0.05, 0) is 61.7 Å². The standard InChI is InChI=1S/C23H33N7O2/c1-17-5-6-20-18(13-17)14-19(22(31)24-20)15-29(8-7-28-9-11-32-12-10-28)16-21-25-26-27-30(21)23(2,3)4/h5-6,13-14H,7-12,15-16H2,1-4H3,(H,24,31). The van der Waals surface area contributed by atoms with Gasteiger partial charge in [0.1, 0.15) is 0 Å². The van der Waals surface area contributed by atoms with Crippen LogP contribution in [0.15, 0.2) is 29.1 Å². The lowest BCUT2D eigenvalue weighted by atomic mass is 10.1. The van der Waals surface area contributed by atoms with Crippen LogP contribution in [0.2, 0.25) is 0 Å². The van der Waals surface area contributed by atoms with Crippen molar-refractivity contribution in [2.75, 3.05) is 39.4 Å². The molecule has 1 fully saturated rings. The number of aromatic amines is 1. The van der Waals surface area contributed by atoms with E-state index in [-0.39, 0.29) is 11.1 Å². The van der Waals surface area contributed by atoms with E-state index in [4.69, 9.17) is 4.74 Å². The topological polar surface area (TPSA) is 92.2 Å². The second kappa shape index (κ2) is 9.48. The molecule has 0 aliphatic carbocycles. The van der Waals surface area contributed by atoms with Crippen molar-refractivity contribution in [2.24, 2.45) is 0 Å². The van der Waals surface area contributed by atoms with E-state index in [9.17, 15) is 4.79 Å². The molecular formula is C23H33N7O2. The van der Waals surface area contributed by atoms with Crippen LogP contribution in [0.1, 0.15) is 37.7 Å². The van der Waals surface area contributed by atoms with Crippen LogP contribution in [-0.2, 0) is 23.4 Å². The first kappa shape index (κ1) is 22.6. The van der Waals surface area contributed by atoms with Gasteiger partial charge in [0.2, 0.25) is 0 Å². The zero-order chi connectivity index (χ0) is 22.7. The number of tetrazole rings is 1. The molecule has 0 amide bonds. The van der Waals surface area contributed by atoms with Crippen molar-refractivity contribution in [3.8, 4) is 0 Å². The number of ether oxygens (including phenoxy) is 1. The summed E-state index contributed by atoms with van der Waals surface area (Å²) in [6, 6.07) is 8.09. The summed E-state index contributed by atoms with van der Waals surface area (Å²) in [5, 5.41) is 13.4. The zero-order valence-electron chi connectivity index (χ0n) is 19.5. The molecule has 2 aromatic heterocycles. The molecule has 4 rings (SSSR count). The van der Waals surface area contributed by atoms with E-state index in [0.29, 0.717) is 13.1 Å². The highest BCUT2D eigenvalue weighted by atomic mass is 16.5. The number of aromatic nitrogens is 5. The smallest absolute Gasteiger partial charge is 0.252 e. The number of hydrogen-bond acceptors (Lipinski definition) is 7. The summed E-state index contributed by atoms with van der Waals surface area (Å²) < 4.78 is 7.34. The first-order valence-corrected chi connectivity index (χ1v) is 11.2. The molecule has 1 aromatic carbocycles. The molecule has 1 aliphatic rings. The van der Waals surface area contributed by atoms with Crippen LogP contribution in [0.5, 0.6) is 0 Å². The molecule has 172 valence electrons.